The fourth-order valence-electron chi connectivity index (χ4n) is 2.63. The highest BCUT2D eigenvalue weighted by Gasteiger charge is 2.38. The van der Waals surface area contributed by atoms with Crippen molar-refractivity contribution in [2.75, 3.05) is 13.1 Å². The first-order valence-electron chi connectivity index (χ1n) is 7.61. The van der Waals surface area contributed by atoms with E-state index in [1.165, 1.54) is 34.8 Å². The van der Waals surface area contributed by atoms with Crippen molar-refractivity contribution in [1.82, 2.24) is 14.3 Å². The maximum Gasteiger partial charge on any atom is 0.417 e. The Balaban J connectivity index is 1.48. The van der Waals surface area contributed by atoms with Crippen molar-refractivity contribution in [3.8, 4) is 11.9 Å². The van der Waals surface area contributed by atoms with E-state index in [9.17, 15) is 13.2 Å². The molecule has 4 rings (SSSR count). The zero-order valence-corrected chi connectivity index (χ0v) is 14.1. The van der Waals surface area contributed by atoms with Crippen LogP contribution in [0.25, 0.3) is 11.1 Å². The number of oxazole rings is 1. The van der Waals surface area contributed by atoms with Gasteiger partial charge in [-0.1, -0.05) is 0 Å². The van der Waals surface area contributed by atoms with E-state index in [1.54, 1.807) is 6.07 Å². The predicted octanol–water partition coefficient (Wildman–Crippen LogP) is 0.840. The van der Waals surface area contributed by atoms with E-state index < -0.39 is 15.8 Å². The summed E-state index contributed by atoms with van der Waals surface area (Å²) in [4.78, 5) is 17.7. The van der Waals surface area contributed by atoms with Crippen LogP contribution in [0.3, 0.4) is 0 Å². The topological polar surface area (TPSA) is 129 Å². The molecule has 1 N–H and O–H groups in total. The number of H-pyrrole nitrogens is 1. The molecule has 0 saturated carbocycles. The zero-order valence-electron chi connectivity index (χ0n) is 13.2. The lowest BCUT2D eigenvalue weighted by Crippen LogP contribution is -2.56. The molecule has 1 aliphatic heterocycles. The average Bonchev–Trinajstić information content (AvgIpc) is 2.96. The normalized spacial score (nSPS) is 15.5. The second-order valence-corrected chi connectivity index (χ2v) is 7.67. The fourth-order valence-corrected chi connectivity index (χ4v) is 4.16. The maximum atomic E-state index is 12.7. The first kappa shape index (κ1) is 16.3. The fraction of sp³-hybridized carbons (Fsp3) is 0.188. The number of sulfonamides is 1. The molecular formula is C16H12N4O5S. The molecule has 0 aliphatic carbocycles. The molecule has 9 nitrogen and oxygen atoms in total. The van der Waals surface area contributed by atoms with Gasteiger partial charge in [-0.15, -0.1) is 0 Å². The average molecular weight is 372 g/mol. The van der Waals surface area contributed by atoms with Gasteiger partial charge in [0.05, 0.1) is 35.1 Å². The van der Waals surface area contributed by atoms with E-state index >= 15 is 0 Å². The molecule has 2 aromatic heterocycles. The number of nitrogens with one attached hydrogen (secondary N) is 1. The first-order valence-corrected chi connectivity index (χ1v) is 9.05. The number of fused-ring (bicyclic) bond motifs is 1. The van der Waals surface area contributed by atoms with Gasteiger partial charge in [0.2, 0.25) is 15.9 Å². The van der Waals surface area contributed by atoms with Crippen LogP contribution >= 0.6 is 0 Å². The second-order valence-electron chi connectivity index (χ2n) is 5.73. The predicted molar refractivity (Wildman–Crippen MR) is 89.0 cm³/mol. The summed E-state index contributed by atoms with van der Waals surface area (Å²) in [6, 6.07) is 9.23. The van der Waals surface area contributed by atoms with Crippen molar-refractivity contribution >= 4 is 21.1 Å². The van der Waals surface area contributed by atoms with E-state index in [0.717, 1.165) is 0 Å². The summed E-state index contributed by atoms with van der Waals surface area (Å²) < 4.78 is 37.0. The minimum Gasteiger partial charge on any atom is -0.471 e. The number of pyridine rings is 1. The zero-order chi connectivity index (χ0) is 18.3. The number of benzene rings is 1. The lowest BCUT2D eigenvalue weighted by molar-refractivity contribution is 0.0721. The van der Waals surface area contributed by atoms with Gasteiger partial charge in [-0.3, -0.25) is 4.98 Å². The van der Waals surface area contributed by atoms with Crippen LogP contribution in [0.4, 0.5) is 0 Å². The number of rotatable bonds is 4. The number of hydrogen-bond acceptors (Lipinski definition) is 7. The monoisotopic (exact) mass is 372 g/mol. The molecule has 1 aliphatic rings. The Morgan fingerprint density at radius 2 is 2.12 bits per heavy atom. The van der Waals surface area contributed by atoms with Crippen molar-refractivity contribution in [3.05, 3.63) is 52.6 Å². The number of nitriles is 1. The summed E-state index contributed by atoms with van der Waals surface area (Å²) in [5, 5.41) is 8.87. The maximum absolute atomic E-state index is 12.7. The highest BCUT2D eigenvalue weighted by molar-refractivity contribution is 7.89. The summed E-state index contributed by atoms with van der Waals surface area (Å²) >= 11 is 0. The molecule has 3 heterocycles. The van der Waals surface area contributed by atoms with Gasteiger partial charge >= 0.3 is 5.76 Å². The van der Waals surface area contributed by atoms with Gasteiger partial charge in [0, 0.05) is 12.3 Å². The number of ether oxygens (including phenoxy) is 1. The van der Waals surface area contributed by atoms with Crippen LogP contribution in [0.2, 0.25) is 0 Å². The number of aromatic amines is 1. The molecule has 132 valence electrons. The summed E-state index contributed by atoms with van der Waals surface area (Å²) in [6.07, 6.45) is 1.12. The Labute approximate surface area is 147 Å². The van der Waals surface area contributed by atoms with Gasteiger partial charge in [0.15, 0.2) is 5.58 Å². The highest BCUT2D eigenvalue weighted by atomic mass is 32.2. The van der Waals surface area contributed by atoms with Gasteiger partial charge in [0.25, 0.3) is 0 Å². The van der Waals surface area contributed by atoms with Gasteiger partial charge in [-0.2, -0.15) is 9.57 Å². The van der Waals surface area contributed by atoms with Crippen LogP contribution in [0, 0.1) is 11.3 Å². The second kappa shape index (κ2) is 5.98. The molecule has 0 unspecified atom stereocenters. The molecule has 3 aromatic rings. The third-order valence-electron chi connectivity index (χ3n) is 3.99. The van der Waals surface area contributed by atoms with E-state index in [-0.39, 0.29) is 30.0 Å². The van der Waals surface area contributed by atoms with Crippen molar-refractivity contribution in [3.63, 3.8) is 0 Å². The van der Waals surface area contributed by atoms with E-state index in [2.05, 4.69) is 9.97 Å². The number of nitrogens with zero attached hydrogens (tertiary/aromatic N) is 3. The quantitative estimate of drug-likeness (QED) is 0.718. The van der Waals surface area contributed by atoms with E-state index in [4.69, 9.17) is 14.4 Å². The van der Waals surface area contributed by atoms with Gasteiger partial charge in [0.1, 0.15) is 6.10 Å². The molecule has 1 saturated heterocycles. The Bertz CT molecular complexity index is 1190. The number of aromatic nitrogens is 2. The molecule has 1 fully saturated rings. The summed E-state index contributed by atoms with van der Waals surface area (Å²) in [5.41, 5.74) is 1.03. The van der Waals surface area contributed by atoms with Crippen LogP contribution in [0.1, 0.15) is 5.56 Å². The summed E-state index contributed by atoms with van der Waals surface area (Å²) in [6.45, 7) is 0.335. The van der Waals surface area contributed by atoms with E-state index in [0.29, 0.717) is 16.7 Å². The smallest absolute Gasteiger partial charge is 0.417 e. The molecule has 10 heteroatoms. The van der Waals surface area contributed by atoms with Gasteiger partial charge in [-0.25, -0.2) is 18.2 Å². The third kappa shape index (κ3) is 2.83. The SMILES string of the molecule is N#Cc1ccnc(OC2CN(S(=O)(=O)c3ccc4oc(=O)[nH]c4c3)C2)c1. The Hall–Kier alpha value is -3.16. The van der Waals surface area contributed by atoms with Crippen LogP contribution < -0.4 is 10.5 Å². The van der Waals surface area contributed by atoms with Crippen LogP contribution in [0.5, 0.6) is 5.88 Å². The largest absolute Gasteiger partial charge is 0.471 e. The molecule has 0 spiro atoms. The van der Waals surface area contributed by atoms with Crippen LogP contribution in [-0.4, -0.2) is 41.9 Å². The molecule has 0 radical (unpaired) electrons. The lowest BCUT2D eigenvalue weighted by Gasteiger charge is -2.37. The standard InChI is InChI=1S/C16H12N4O5S/c17-7-10-3-4-18-15(5-10)24-11-8-20(9-11)26(22,23)12-1-2-14-13(6-12)19-16(21)25-14/h1-6,11H,8-9H2,(H,19,21). The lowest BCUT2D eigenvalue weighted by atomic mass is 10.2. The van der Waals surface area contributed by atoms with Crippen molar-refractivity contribution in [2.24, 2.45) is 0 Å². The van der Waals surface area contributed by atoms with Crippen molar-refractivity contribution in [2.45, 2.75) is 11.0 Å². The molecule has 0 bridgehead atoms. The van der Waals surface area contributed by atoms with E-state index in [1.807, 2.05) is 6.07 Å². The summed E-state index contributed by atoms with van der Waals surface area (Å²) in [5.74, 6) is -0.359. The van der Waals surface area contributed by atoms with Crippen LogP contribution in [-0.2, 0) is 10.0 Å². The number of hydrogen-bond donors (Lipinski definition) is 1. The Morgan fingerprint density at radius 1 is 1.31 bits per heavy atom. The minimum atomic E-state index is -3.71. The molecular weight excluding hydrogens is 360 g/mol. The van der Waals surface area contributed by atoms with Gasteiger partial charge < -0.3 is 9.15 Å². The van der Waals surface area contributed by atoms with Gasteiger partial charge in [-0.05, 0) is 24.3 Å². The highest BCUT2D eigenvalue weighted by Crippen LogP contribution is 2.26. The Morgan fingerprint density at radius 3 is 2.88 bits per heavy atom. The summed E-state index contributed by atoms with van der Waals surface area (Å²) in [7, 11) is -3.71. The van der Waals surface area contributed by atoms with Crippen molar-refractivity contribution < 1.29 is 17.6 Å². The Kier molecular flexibility index (Phi) is 3.75. The molecule has 0 amide bonds. The van der Waals surface area contributed by atoms with Crippen molar-refractivity contribution in [1.29, 1.82) is 5.26 Å². The molecule has 1 aromatic carbocycles. The molecule has 26 heavy (non-hydrogen) atoms. The molecule has 0 atom stereocenters. The minimum absolute atomic E-state index is 0.0603. The first-order chi connectivity index (χ1) is 12.5. The van der Waals surface area contributed by atoms with Crippen LogP contribution in [0.15, 0.2) is 50.6 Å². The third-order valence-corrected chi connectivity index (χ3v) is 5.82.